The molecule has 2 aliphatic heterocycles. The smallest absolute Gasteiger partial charge is 0.408 e. The van der Waals surface area contributed by atoms with Gasteiger partial charge in [0.2, 0.25) is 0 Å². The lowest BCUT2D eigenvalue weighted by atomic mass is 9.88. The van der Waals surface area contributed by atoms with Gasteiger partial charge in [-0.3, -0.25) is 0 Å². The summed E-state index contributed by atoms with van der Waals surface area (Å²) in [6.45, 7) is 0.255. The van der Waals surface area contributed by atoms with Crippen LogP contribution < -0.4 is 5.32 Å². The number of ether oxygens (including phenoxy) is 2. The molecule has 0 radical (unpaired) electrons. The minimum atomic E-state index is -0.882. The van der Waals surface area contributed by atoms with Crippen LogP contribution in [0, 0.1) is 11.3 Å². The Hall–Kier alpha value is -2.84. The van der Waals surface area contributed by atoms with E-state index in [4.69, 9.17) is 9.47 Å². The van der Waals surface area contributed by atoms with Gasteiger partial charge in [0.05, 0.1) is 18.3 Å². The number of nitrogens with zero attached hydrogens (tertiary/aromatic N) is 1. The Morgan fingerprint density at radius 1 is 1.07 bits per heavy atom. The molecule has 5 nitrogen and oxygen atoms in total. The van der Waals surface area contributed by atoms with Crippen LogP contribution in [0.15, 0.2) is 48.5 Å². The lowest BCUT2D eigenvalue weighted by Gasteiger charge is -2.35. The zero-order valence-corrected chi connectivity index (χ0v) is 15.6. The number of hydrogen-bond acceptors (Lipinski definition) is 4. The van der Waals surface area contributed by atoms with E-state index in [-0.39, 0.29) is 24.7 Å². The van der Waals surface area contributed by atoms with E-state index >= 15 is 0 Å². The zero-order valence-electron chi connectivity index (χ0n) is 15.6. The van der Waals surface area contributed by atoms with Crippen molar-refractivity contribution in [3.8, 4) is 17.2 Å². The van der Waals surface area contributed by atoms with Crippen LogP contribution in [0.3, 0.4) is 0 Å². The standard InChI is InChI=1S/C23H22N2O3/c24-14-23(11-15-9-10-16(12-23)28-15)25-22(26)27-13-21-19-7-3-1-5-17(19)18-6-2-4-8-20(18)21/h1-8,15-16,21H,9-13H2,(H,25,26). The lowest BCUT2D eigenvalue weighted by molar-refractivity contribution is -0.0240. The second kappa shape index (κ2) is 6.65. The van der Waals surface area contributed by atoms with Gasteiger partial charge in [-0.25, -0.2) is 4.79 Å². The predicted molar refractivity (Wildman–Crippen MR) is 104 cm³/mol. The summed E-state index contributed by atoms with van der Waals surface area (Å²) >= 11 is 0. The third-order valence-electron chi connectivity index (χ3n) is 6.25. The molecular formula is C23H22N2O3. The molecule has 2 atom stereocenters. The van der Waals surface area contributed by atoms with E-state index in [1.54, 1.807) is 0 Å². The van der Waals surface area contributed by atoms with Gasteiger partial charge in [-0.2, -0.15) is 5.26 Å². The number of alkyl carbamates (subject to hydrolysis) is 1. The average Bonchev–Trinajstić information content (AvgIpc) is 3.23. The Labute approximate surface area is 164 Å². The molecule has 0 aromatic heterocycles. The molecule has 2 fully saturated rings. The van der Waals surface area contributed by atoms with Gasteiger partial charge in [0, 0.05) is 18.8 Å². The number of benzene rings is 2. The second-order valence-electron chi connectivity index (χ2n) is 8.01. The van der Waals surface area contributed by atoms with E-state index in [9.17, 15) is 10.1 Å². The van der Waals surface area contributed by atoms with Crippen molar-refractivity contribution in [3.63, 3.8) is 0 Å². The molecule has 0 saturated carbocycles. The van der Waals surface area contributed by atoms with E-state index in [0.717, 1.165) is 12.8 Å². The quantitative estimate of drug-likeness (QED) is 0.877. The molecular weight excluding hydrogens is 352 g/mol. The molecule has 142 valence electrons. The van der Waals surface area contributed by atoms with Crippen LogP contribution in [0.5, 0.6) is 0 Å². The number of rotatable bonds is 3. The number of nitrogens with one attached hydrogen (secondary N) is 1. The van der Waals surface area contributed by atoms with Crippen LogP contribution in [-0.2, 0) is 9.47 Å². The summed E-state index contributed by atoms with van der Waals surface area (Å²) in [5.41, 5.74) is 3.86. The van der Waals surface area contributed by atoms with E-state index in [0.29, 0.717) is 12.8 Å². The van der Waals surface area contributed by atoms with Gasteiger partial charge < -0.3 is 14.8 Å². The second-order valence-corrected chi connectivity index (χ2v) is 8.01. The Morgan fingerprint density at radius 3 is 2.21 bits per heavy atom. The number of carbonyl (C=O) groups excluding carboxylic acids is 1. The normalized spacial score (nSPS) is 27.5. The largest absolute Gasteiger partial charge is 0.449 e. The van der Waals surface area contributed by atoms with E-state index in [1.165, 1.54) is 22.3 Å². The lowest BCUT2D eigenvalue weighted by Crippen LogP contribution is -2.53. The highest BCUT2D eigenvalue weighted by atomic mass is 16.5. The number of carbonyl (C=O) groups is 1. The summed E-state index contributed by atoms with van der Waals surface area (Å²) in [6, 6.07) is 18.8. The molecule has 2 unspecified atom stereocenters. The highest BCUT2D eigenvalue weighted by Gasteiger charge is 2.46. The van der Waals surface area contributed by atoms with Gasteiger partial charge in [0.25, 0.3) is 0 Å². The summed E-state index contributed by atoms with van der Waals surface area (Å²) in [6.07, 6.45) is 2.58. The van der Waals surface area contributed by atoms with Crippen molar-refractivity contribution >= 4 is 6.09 Å². The van der Waals surface area contributed by atoms with Crippen molar-refractivity contribution in [1.82, 2.24) is 5.32 Å². The molecule has 1 N–H and O–H groups in total. The van der Waals surface area contributed by atoms with Crippen LogP contribution in [0.25, 0.3) is 11.1 Å². The minimum absolute atomic E-state index is 0.0158. The highest BCUT2D eigenvalue weighted by molar-refractivity contribution is 5.79. The van der Waals surface area contributed by atoms with E-state index in [2.05, 4.69) is 35.7 Å². The number of amides is 1. The van der Waals surface area contributed by atoms with Gasteiger partial charge in [-0.15, -0.1) is 0 Å². The Bertz CT molecular complexity index is 907. The molecule has 1 aliphatic carbocycles. The van der Waals surface area contributed by atoms with Gasteiger partial charge in [0.15, 0.2) is 0 Å². The number of hydrogen-bond donors (Lipinski definition) is 1. The van der Waals surface area contributed by atoms with Crippen LogP contribution in [-0.4, -0.2) is 30.4 Å². The maximum absolute atomic E-state index is 12.6. The fraction of sp³-hybridized carbons (Fsp3) is 0.391. The maximum Gasteiger partial charge on any atom is 0.408 e. The van der Waals surface area contributed by atoms with Crippen molar-refractivity contribution in [2.75, 3.05) is 6.61 Å². The first-order valence-corrected chi connectivity index (χ1v) is 9.87. The van der Waals surface area contributed by atoms with Crippen LogP contribution in [0.2, 0.25) is 0 Å². The fourth-order valence-corrected chi connectivity index (χ4v) is 4.99. The Balaban J connectivity index is 1.30. The summed E-state index contributed by atoms with van der Waals surface area (Å²) in [7, 11) is 0. The Morgan fingerprint density at radius 2 is 1.64 bits per heavy atom. The van der Waals surface area contributed by atoms with Gasteiger partial charge >= 0.3 is 6.09 Å². The highest BCUT2D eigenvalue weighted by Crippen LogP contribution is 2.44. The van der Waals surface area contributed by atoms with Crippen molar-refractivity contribution in [2.24, 2.45) is 0 Å². The van der Waals surface area contributed by atoms with Gasteiger partial charge in [0.1, 0.15) is 12.1 Å². The van der Waals surface area contributed by atoms with Crippen LogP contribution >= 0.6 is 0 Å². The molecule has 5 rings (SSSR count). The predicted octanol–water partition coefficient (Wildman–Crippen LogP) is 4.13. The fourth-order valence-electron chi connectivity index (χ4n) is 4.99. The SMILES string of the molecule is N#CC1(NC(=O)OCC2c3ccccc3-c3ccccc32)CC2CCC(C1)O2. The number of fused-ring (bicyclic) bond motifs is 5. The van der Waals surface area contributed by atoms with E-state index < -0.39 is 11.6 Å². The summed E-state index contributed by atoms with van der Waals surface area (Å²) in [5, 5.41) is 12.6. The third-order valence-corrected chi connectivity index (χ3v) is 6.25. The summed E-state index contributed by atoms with van der Waals surface area (Å²) in [4.78, 5) is 12.6. The molecule has 2 bridgehead atoms. The van der Waals surface area contributed by atoms with Crippen LogP contribution in [0.4, 0.5) is 4.79 Å². The first-order chi connectivity index (χ1) is 13.7. The average molecular weight is 374 g/mol. The van der Waals surface area contributed by atoms with E-state index in [1.807, 2.05) is 24.3 Å². The topological polar surface area (TPSA) is 71.4 Å². The maximum atomic E-state index is 12.6. The van der Waals surface area contributed by atoms with Crippen molar-refractivity contribution in [3.05, 3.63) is 59.7 Å². The molecule has 2 saturated heterocycles. The third kappa shape index (κ3) is 2.85. The summed E-state index contributed by atoms with van der Waals surface area (Å²) in [5.74, 6) is 0.0158. The molecule has 0 spiro atoms. The molecule has 3 aliphatic rings. The monoisotopic (exact) mass is 374 g/mol. The minimum Gasteiger partial charge on any atom is -0.449 e. The number of nitriles is 1. The molecule has 1 amide bonds. The first kappa shape index (κ1) is 17.3. The Kier molecular flexibility index (Phi) is 4.10. The summed E-state index contributed by atoms with van der Waals surface area (Å²) < 4.78 is 11.4. The zero-order chi connectivity index (χ0) is 19.1. The molecule has 2 aromatic rings. The first-order valence-electron chi connectivity index (χ1n) is 9.87. The van der Waals surface area contributed by atoms with Crippen molar-refractivity contribution < 1.29 is 14.3 Å². The molecule has 5 heteroatoms. The van der Waals surface area contributed by atoms with Crippen molar-refractivity contribution in [2.45, 2.75) is 49.3 Å². The molecule has 2 aromatic carbocycles. The molecule has 2 heterocycles. The van der Waals surface area contributed by atoms with Gasteiger partial charge in [-0.1, -0.05) is 48.5 Å². The van der Waals surface area contributed by atoms with Crippen molar-refractivity contribution in [1.29, 1.82) is 5.26 Å². The van der Waals surface area contributed by atoms with Gasteiger partial charge in [-0.05, 0) is 35.1 Å². The molecule has 28 heavy (non-hydrogen) atoms. The van der Waals surface area contributed by atoms with Crippen LogP contribution in [0.1, 0.15) is 42.7 Å².